The molecule has 5 heteroatoms. The molecule has 0 aliphatic rings. The Labute approximate surface area is 101 Å². The van der Waals surface area contributed by atoms with Gasteiger partial charge in [0.2, 0.25) is 5.13 Å². The lowest BCUT2D eigenvalue weighted by Crippen LogP contribution is -2.28. The number of hydrogen-bond donors (Lipinski definition) is 1. The van der Waals surface area contributed by atoms with Crippen molar-refractivity contribution in [2.24, 2.45) is 5.92 Å². The summed E-state index contributed by atoms with van der Waals surface area (Å²) in [4.78, 5) is 2.30. The molecule has 86 valence electrons. The lowest BCUT2D eigenvalue weighted by atomic mass is 10.0. The molecule has 0 saturated carbocycles. The molecule has 1 heterocycles. The highest BCUT2D eigenvalue weighted by Crippen LogP contribution is 2.20. The number of nitrogens with one attached hydrogen (secondary N) is 1. The summed E-state index contributed by atoms with van der Waals surface area (Å²) in [7, 11) is 0. The minimum absolute atomic E-state index is 0.752. The van der Waals surface area contributed by atoms with E-state index in [1.807, 2.05) is 0 Å². The van der Waals surface area contributed by atoms with Gasteiger partial charge in [-0.3, -0.25) is 5.10 Å². The van der Waals surface area contributed by atoms with Gasteiger partial charge in [0, 0.05) is 13.1 Å². The maximum atomic E-state index is 5.04. The van der Waals surface area contributed by atoms with Crippen molar-refractivity contribution in [1.82, 2.24) is 10.2 Å². The van der Waals surface area contributed by atoms with Gasteiger partial charge in [0.25, 0.3) is 0 Å². The zero-order valence-corrected chi connectivity index (χ0v) is 11.2. The normalized spacial score (nSPS) is 10.9. The molecule has 0 fully saturated rings. The molecular formula is C10H19N3S2. The van der Waals surface area contributed by atoms with E-state index in [-0.39, 0.29) is 0 Å². The topological polar surface area (TPSA) is 31.9 Å². The van der Waals surface area contributed by atoms with E-state index in [0.717, 1.165) is 28.1 Å². The van der Waals surface area contributed by atoms with Gasteiger partial charge in [-0.05, 0) is 25.1 Å². The van der Waals surface area contributed by atoms with Crippen LogP contribution in [0.2, 0.25) is 0 Å². The molecule has 0 aliphatic heterocycles. The first kappa shape index (κ1) is 12.6. The van der Waals surface area contributed by atoms with Crippen molar-refractivity contribution >= 4 is 28.7 Å². The van der Waals surface area contributed by atoms with Gasteiger partial charge >= 0.3 is 0 Å². The number of rotatable bonds is 6. The van der Waals surface area contributed by atoms with Crippen LogP contribution in [0.3, 0.4) is 0 Å². The Balaban J connectivity index is 2.67. The first-order chi connectivity index (χ1) is 7.21. The van der Waals surface area contributed by atoms with Gasteiger partial charge in [0.05, 0.1) is 0 Å². The third kappa shape index (κ3) is 3.57. The number of aromatic nitrogens is 2. The fourth-order valence-electron chi connectivity index (χ4n) is 1.56. The van der Waals surface area contributed by atoms with Crippen LogP contribution in [0.4, 0.5) is 5.13 Å². The molecule has 1 N–H and O–H groups in total. The summed E-state index contributed by atoms with van der Waals surface area (Å²) in [5.41, 5.74) is 0. The van der Waals surface area contributed by atoms with Crippen LogP contribution in [-0.2, 0) is 0 Å². The second-order valence-electron chi connectivity index (χ2n) is 3.62. The highest BCUT2D eigenvalue weighted by Gasteiger charge is 2.12. The average Bonchev–Trinajstić information content (AvgIpc) is 2.67. The summed E-state index contributed by atoms with van der Waals surface area (Å²) < 4.78 is 0.757. The van der Waals surface area contributed by atoms with Crippen molar-refractivity contribution in [3.05, 3.63) is 3.95 Å². The zero-order valence-electron chi connectivity index (χ0n) is 9.62. The molecule has 3 nitrogen and oxygen atoms in total. The maximum Gasteiger partial charge on any atom is 0.206 e. The van der Waals surface area contributed by atoms with Crippen molar-refractivity contribution in [3.63, 3.8) is 0 Å². The van der Waals surface area contributed by atoms with Crippen LogP contribution in [0, 0.1) is 9.87 Å². The number of anilines is 1. The molecule has 15 heavy (non-hydrogen) atoms. The van der Waals surface area contributed by atoms with Gasteiger partial charge in [-0.2, -0.15) is 0 Å². The molecule has 1 aromatic rings. The van der Waals surface area contributed by atoms with E-state index in [4.69, 9.17) is 12.2 Å². The Bertz CT molecular complexity index is 327. The van der Waals surface area contributed by atoms with Crippen molar-refractivity contribution < 1.29 is 0 Å². The van der Waals surface area contributed by atoms with Crippen molar-refractivity contribution in [2.45, 2.75) is 33.6 Å². The molecule has 1 rings (SSSR count). The molecule has 1 aromatic heterocycles. The van der Waals surface area contributed by atoms with Gasteiger partial charge in [0.1, 0.15) is 0 Å². The lowest BCUT2D eigenvalue weighted by Gasteiger charge is -2.24. The molecule has 0 aliphatic carbocycles. The third-order valence-corrected chi connectivity index (χ3v) is 3.86. The highest BCUT2D eigenvalue weighted by atomic mass is 32.1. The molecular weight excluding hydrogens is 226 g/mol. The number of hydrogen-bond acceptors (Lipinski definition) is 4. The molecule has 0 atom stereocenters. The van der Waals surface area contributed by atoms with Crippen LogP contribution in [0.5, 0.6) is 0 Å². The predicted octanol–water partition coefficient (Wildman–Crippen LogP) is 3.46. The molecule has 0 aromatic carbocycles. The average molecular weight is 245 g/mol. The smallest absolute Gasteiger partial charge is 0.206 e. The molecule has 0 unspecified atom stereocenters. The Hall–Kier alpha value is -0.420. The van der Waals surface area contributed by atoms with Gasteiger partial charge in [-0.25, -0.2) is 0 Å². The monoisotopic (exact) mass is 245 g/mol. The van der Waals surface area contributed by atoms with E-state index >= 15 is 0 Å². The lowest BCUT2D eigenvalue weighted by molar-refractivity contribution is 0.485. The van der Waals surface area contributed by atoms with Crippen LogP contribution < -0.4 is 4.90 Å². The SMILES string of the molecule is CCC(CC)CN(CC)c1n[nH]c(=S)s1. The minimum Gasteiger partial charge on any atom is -0.347 e. The summed E-state index contributed by atoms with van der Waals surface area (Å²) in [5.74, 6) is 0.752. The van der Waals surface area contributed by atoms with Crippen molar-refractivity contribution in [3.8, 4) is 0 Å². The van der Waals surface area contributed by atoms with Crippen molar-refractivity contribution in [1.29, 1.82) is 0 Å². The second-order valence-corrected chi connectivity index (χ2v) is 5.26. The first-order valence-corrected chi connectivity index (χ1v) is 6.74. The van der Waals surface area contributed by atoms with Gasteiger partial charge in [0.15, 0.2) is 3.95 Å². The minimum atomic E-state index is 0.752. The van der Waals surface area contributed by atoms with Crippen molar-refractivity contribution in [2.75, 3.05) is 18.0 Å². The Morgan fingerprint density at radius 3 is 2.47 bits per heavy atom. The van der Waals surface area contributed by atoms with Gasteiger partial charge in [-0.15, -0.1) is 5.10 Å². The van der Waals surface area contributed by atoms with E-state index in [0.29, 0.717) is 0 Å². The molecule has 0 spiro atoms. The van der Waals surface area contributed by atoms with Crippen LogP contribution in [0.15, 0.2) is 0 Å². The summed E-state index contributed by atoms with van der Waals surface area (Å²) in [6.45, 7) is 8.72. The largest absolute Gasteiger partial charge is 0.347 e. The number of H-pyrrole nitrogens is 1. The van der Waals surface area contributed by atoms with Gasteiger partial charge < -0.3 is 4.90 Å². The zero-order chi connectivity index (χ0) is 11.3. The number of aromatic amines is 1. The predicted molar refractivity (Wildman–Crippen MR) is 69.3 cm³/mol. The summed E-state index contributed by atoms with van der Waals surface area (Å²) in [6.07, 6.45) is 2.45. The van der Waals surface area contributed by atoms with E-state index in [1.165, 1.54) is 12.8 Å². The molecule has 0 bridgehead atoms. The standard InChI is InChI=1S/C10H19N3S2/c1-4-8(5-2)7-13(6-3)9-11-12-10(14)15-9/h8H,4-7H2,1-3H3,(H,12,14). The van der Waals surface area contributed by atoms with Crippen LogP contribution >= 0.6 is 23.6 Å². The Morgan fingerprint density at radius 2 is 2.07 bits per heavy atom. The molecule has 0 saturated heterocycles. The number of nitrogens with zero attached hydrogens (tertiary/aromatic N) is 2. The highest BCUT2D eigenvalue weighted by molar-refractivity contribution is 7.73. The van der Waals surface area contributed by atoms with Gasteiger partial charge in [-0.1, -0.05) is 38.0 Å². The molecule has 0 amide bonds. The fraction of sp³-hybridized carbons (Fsp3) is 0.800. The van der Waals surface area contributed by atoms with Crippen LogP contribution in [0.1, 0.15) is 33.6 Å². The maximum absolute atomic E-state index is 5.04. The second kappa shape index (κ2) is 6.23. The third-order valence-electron chi connectivity index (χ3n) is 2.71. The first-order valence-electron chi connectivity index (χ1n) is 5.51. The quantitative estimate of drug-likeness (QED) is 0.779. The summed E-state index contributed by atoms with van der Waals surface area (Å²) in [5, 5.41) is 8.08. The summed E-state index contributed by atoms with van der Waals surface area (Å²) >= 11 is 6.60. The molecule has 0 radical (unpaired) electrons. The van der Waals surface area contributed by atoms with E-state index in [9.17, 15) is 0 Å². The summed E-state index contributed by atoms with van der Waals surface area (Å²) in [6, 6.07) is 0. The van der Waals surface area contributed by atoms with Crippen LogP contribution in [0.25, 0.3) is 0 Å². The van der Waals surface area contributed by atoms with Crippen LogP contribution in [-0.4, -0.2) is 23.3 Å². The Kier molecular flexibility index (Phi) is 5.25. The van der Waals surface area contributed by atoms with E-state index < -0.39 is 0 Å². The Morgan fingerprint density at radius 1 is 1.40 bits per heavy atom. The van der Waals surface area contributed by atoms with E-state index in [1.54, 1.807) is 11.3 Å². The fourth-order valence-corrected chi connectivity index (χ4v) is 2.51. The van der Waals surface area contributed by atoms with E-state index in [2.05, 4.69) is 35.9 Å².